The lowest BCUT2D eigenvalue weighted by Crippen LogP contribution is -2.49. The molecule has 0 aliphatic carbocycles. The van der Waals surface area contributed by atoms with Gasteiger partial charge in [0.25, 0.3) is 5.91 Å². The maximum Gasteiger partial charge on any atom is 0.264 e. The molecule has 0 N–H and O–H groups in total. The van der Waals surface area contributed by atoms with Gasteiger partial charge in [0.2, 0.25) is 0 Å². The van der Waals surface area contributed by atoms with E-state index in [1.54, 1.807) is 0 Å². The molecule has 1 amide bonds. The molecule has 1 fully saturated rings. The van der Waals surface area contributed by atoms with Crippen LogP contribution in [0.15, 0.2) is 72.8 Å². The number of ether oxygens (including phenoxy) is 1. The Balaban J connectivity index is 1.07. The number of aromatic nitrogens is 2. The van der Waals surface area contributed by atoms with Gasteiger partial charge in [-0.15, -0.1) is 11.3 Å². The van der Waals surface area contributed by atoms with Gasteiger partial charge in [-0.1, -0.05) is 48.0 Å². The zero-order chi connectivity index (χ0) is 25.4. The van der Waals surface area contributed by atoms with Crippen molar-refractivity contribution in [1.29, 1.82) is 0 Å². The summed E-state index contributed by atoms with van der Waals surface area (Å²) in [4.78, 5) is 19.4. The molecule has 0 radical (unpaired) electrons. The third-order valence-electron chi connectivity index (χ3n) is 6.90. The summed E-state index contributed by atoms with van der Waals surface area (Å²) in [5.41, 5.74) is 1.85. The van der Waals surface area contributed by atoms with Crippen LogP contribution < -0.4 is 4.74 Å². The second-order valence-corrected chi connectivity index (χ2v) is 10.7. The third-order valence-corrected chi connectivity index (χ3v) is 8.25. The lowest BCUT2D eigenvalue weighted by Gasteiger charge is -2.34. The fraction of sp³-hybridized carbons (Fsp3) is 0.241. The molecular weight excluding hydrogens is 504 g/mol. The molecule has 3 aromatic carbocycles. The number of amides is 1. The summed E-state index contributed by atoms with van der Waals surface area (Å²) in [6, 6.07) is 24.0. The molecule has 5 aromatic rings. The largest absolute Gasteiger partial charge is 0.492 e. The van der Waals surface area contributed by atoms with Gasteiger partial charge < -0.3 is 9.64 Å². The number of fused-ring (bicyclic) bond motifs is 2. The lowest BCUT2D eigenvalue weighted by atomic mass is 10.1. The maximum atomic E-state index is 13.3. The van der Waals surface area contributed by atoms with E-state index in [-0.39, 0.29) is 5.91 Å². The predicted molar refractivity (Wildman–Crippen MR) is 150 cm³/mol. The number of thiophene rings is 1. The molecule has 0 bridgehead atoms. The first kappa shape index (κ1) is 24.0. The van der Waals surface area contributed by atoms with Gasteiger partial charge >= 0.3 is 0 Å². The van der Waals surface area contributed by atoms with Crippen LogP contribution in [0.1, 0.15) is 15.4 Å². The third kappa shape index (κ3) is 4.82. The maximum absolute atomic E-state index is 13.3. The van der Waals surface area contributed by atoms with E-state index < -0.39 is 0 Å². The second kappa shape index (κ2) is 10.2. The van der Waals surface area contributed by atoms with Gasteiger partial charge in [0.05, 0.1) is 16.3 Å². The molecule has 1 saturated heterocycles. The van der Waals surface area contributed by atoms with E-state index in [1.165, 1.54) is 16.7 Å². The summed E-state index contributed by atoms with van der Waals surface area (Å²) < 4.78 is 8.02. The summed E-state index contributed by atoms with van der Waals surface area (Å²) in [6.45, 7) is 6.55. The van der Waals surface area contributed by atoms with Crippen LogP contribution in [0, 0.1) is 6.92 Å². The standard InChI is InChI=1S/C29H27ClN4O2S/c1-20-25-19-27(37-29(25)34(31-20)23-11-9-22(30)10-12-23)28(35)33-15-13-32(14-16-33)17-18-36-26-8-4-6-21-5-2-3-7-24(21)26/h2-12,19H,13-18H2,1H3. The molecule has 6 nitrogen and oxygen atoms in total. The van der Waals surface area contributed by atoms with Crippen molar-refractivity contribution in [3.63, 3.8) is 0 Å². The van der Waals surface area contributed by atoms with Gasteiger partial charge in [0, 0.05) is 48.5 Å². The van der Waals surface area contributed by atoms with Crippen molar-refractivity contribution in [3.8, 4) is 11.4 Å². The number of aryl methyl sites for hydroxylation is 1. The summed E-state index contributed by atoms with van der Waals surface area (Å²) in [5, 5.41) is 8.71. The molecule has 0 atom stereocenters. The van der Waals surface area contributed by atoms with E-state index in [4.69, 9.17) is 16.3 Å². The molecule has 0 spiro atoms. The van der Waals surface area contributed by atoms with Crippen LogP contribution >= 0.6 is 22.9 Å². The van der Waals surface area contributed by atoms with Crippen molar-refractivity contribution in [2.24, 2.45) is 0 Å². The molecule has 2 aromatic heterocycles. The Morgan fingerprint density at radius 3 is 2.54 bits per heavy atom. The quantitative estimate of drug-likeness (QED) is 0.268. The summed E-state index contributed by atoms with van der Waals surface area (Å²) >= 11 is 7.56. The van der Waals surface area contributed by atoms with E-state index in [1.807, 2.05) is 71.1 Å². The van der Waals surface area contributed by atoms with Crippen LogP contribution in [-0.2, 0) is 0 Å². The van der Waals surface area contributed by atoms with E-state index in [0.717, 1.165) is 57.2 Å². The second-order valence-electron chi connectivity index (χ2n) is 9.26. The molecule has 0 saturated carbocycles. The lowest BCUT2D eigenvalue weighted by molar-refractivity contribution is 0.0625. The summed E-state index contributed by atoms with van der Waals surface area (Å²) in [6.07, 6.45) is 0. The fourth-order valence-electron chi connectivity index (χ4n) is 4.85. The minimum Gasteiger partial charge on any atom is -0.492 e. The van der Waals surface area contributed by atoms with Crippen LogP contribution in [0.25, 0.3) is 26.7 Å². The van der Waals surface area contributed by atoms with Crippen molar-refractivity contribution in [2.75, 3.05) is 39.3 Å². The van der Waals surface area contributed by atoms with Crippen molar-refractivity contribution < 1.29 is 9.53 Å². The Morgan fingerprint density at radius 1 is 0.973 bits per heavy atom. The molecule has 1 aliphatic rings. The van der Waals surface area contributed by atoms with Gasteiger partial charge in [-0.2, -0.15) is 5.10 Å². The monoisotopic (exact) mass is 530 g/mol. The van der Waals surface area contributed by atoms with Gasteiger partial charge in [-0.3, -0.25) is 9.69 Å². The topological polar surface area (TPSA) is 50.6 Å². The number of hydrogen-bond acceptors (Lipinski definition) is 5. The molecule has 37 heavy (non-hydrogen) atoms. The molecular formula is C29H27ClN4O2S. The molecule has 188 valence electrons. The number of halogens is 1. The number of benzene rings is 3. The zero-order valence-corrected chi connectivity index (χ0v) is 22.1. The molecule has 0 unspecified atom stereocenters. The highest BCUT2D eigenvalue weighted by Gasteiger charge is 2.25. The van der Waals surface area contributed by atoms with Crippen molar-refractivity contribution in [2.45, 2.75) is 6.92 Å². The van der Waals surface area contributed by atoms with Crippen molar-refractivity contribution in [1.82, 2.24) is 19.6 Å². The first-order valence-corrected chi connectivity index (χ1v) is 13.6. The number of nitrogens with zero attached hydrogens (tertiary/aromatic N) is 4. The molecule has 1 aliphatic heterocycles. The number of piperazine rings is 1. The zero-order valence-electron chi connectivity index (χ0n) is 20.6. The Bertz CT molecular complexity index is 1560. The van der Waals surface area contributed by atoms with Crippen LogP contribution in [0.3, 0.4) is 0 Å². The number of hydrogen-bond donors (Lipinski definition) is 0. The highest BCUT2D eigenvalue weighted by Crippen LogP contribution is 2.32. The van der Waals surface area contributed by atoms with Crippen molar-refractivity contribution >= 4 is 49.8 Å². The first-order valence-electron chi connectivity index (χ1n) is 12.4. The molecule has 8 heteroatoms. The number of carbonyl (C=O) groups is 1. The highest BCUT2D eigenvalue weighted by molar-refractivity contribution is 7.20. The van der Waals surface area contributed by atoms with Gasteiger partial charge in [-0.05, 0) is 48.7 Å². The van der Waals surface area contributed by atoms with Gasteiger partial charge in [0.1, 0.15) is 17.2 Å². The van der Waals surface area contributed by atoms with Crippen LogP contribution in [0.5, 0.6) is 5.75 Å². The van der Waals surface area contributed by atoms with Crippen LogP contribution in [0.2, 0.25) is 5.02 Å². The highest BCUT2D eigenvalue weighted by atomic mass is 35.5. The van der Waals surface area contributed by atoms with E-state index in [0.29, 0.717) is 24.7 Å². The van der Waals surface area contributed by atoms with E-state index in [9.17, 15) is 4.79 Å². The normalized spacial score (nSPS) is 14.5. The van der Waals surface area contributed by atoms with Gasteiger partial charge in [-0.25, -0.2) is 4.68 Å². The minimum absolute atomic E-state index is 0.0925. The molecule has 6 rings (SSSR count). The smallest absolute Gasteiger partial charge is 0.264 e. The fourth-order valence-corrected chi connectivity index (χ4v) is 6.12. The van der Waals surface area contributed by atoms with Crippen LogP contribution in [-0.4, -0.2) is 64.8 Å². The Labute approximate surface area is 224 Å². The van der Waals surface area contributed by atoms with Crippen LogP contribution in [0.4, 0.5) is 0 Å². The Hall–Kier alpha value is -3.39. The number of carbonyl (C=O) groups excluding carboxylic acids is 1. The predicted octanol–water partition coefficient (Wildman–Crippen LogP) is 6.04. The SMILES string of the molecule is Cc1nn(-c2ccc(Cl)cc2)c2sc(C(=O)N3CCN(CCOc4cccc5ccccc45)CC3)cc12. The number of rotatable bonds is 6. The van der Waals surface area contributed by atoms with E-state index >= 15 is 0 Å². The van der Waals surface area contributed by atoms with Crippen molar-refractivity contribution in [3.05, 3.63) is 88.4 Å². The van der Waals surface area contributed by atoms with E-state index in [2.05, 4.69) is 28.2 Å². The molecule has 3 heterocycles. The summed E-state index contributed by atoms with van der Waals surface area (Å²) in [7, 11) is 0. The van der Waals surface area contributed by atoms with Gasteiger partial charge in [0.15, 0.2) is 0 Å². The average molecular weight is 531 g/mol. The minimum atomic E-state index is 0.0925. The Morgan fingerprint density at radius 2 is 1.73 bits per heavy atom. The summed E-state index contributed by atoms with van der Waals surface area (Å²) in [5.74, 6) is 1.01. The average Bonchev–Trinajstić information content (AvgIpc) is 3.50. The first-order chi connectivity index (χ1) is 18.1. The Kier molecular flexibility index (Phi) is 6.59.